The van der Waals surface area contributed by atoms with Crippen LogP contribution in [0.5, 0.6) is 0 Å². The number of hydrogen-bond acceptors (Lipinski definition) is 3. The van der Waals surface area contributed by atoms with Gasteiger partial charge in [0.25, 0.3) is 0 Å². The van der Waals surface area contributed by atoms with E-state index < -0.39 is 0 Å². The van der Waals surface area contributed by atoms with Crippen LogP contribution in [0, 0.1) is 23.6 Å². The van der Waals surface area contributed by atoms with E-state index in [1.165, 1.54) is 6.07 Å². The molecule has 116 valence electrons. The van der Waals surface area contributed by atoms with Gasteiger partial charge in [-0.15, -0.1) is 0 Å². The molecule has 3 nitrogen and oxygen atoms in total. The first-order valence-electron chi connectivity index (χ1n) is 7.16. The standard InChI is InChI=1S/C17H24FNO2/c1-14(2)12-19(8-10-21-3)13-16-7-6-15(5-4-9-20)11-17(16)18/h6-7,11,14,20H,8-10,12-13H2,1-3H3. The van der Waals surface area contributed by atoms with Crippen molar-refractivity contribution in [1.29, 1.82) is 0 Å². The molecule has 0 aliphatic rings. The van der Waals surface area contributed by atoms with Crippen molar-refractivity contribution in [2.24, 2.45) is 5.92 Å². The molecule has 21 heavy (non-hydrogen) atoms. The molecule has 1 aromatic rings. The Hall–Kier alpha value is -1.41. The molecule has 0 saturated heterocycles. The van der Waals surface area contributed by atoms with Gasteiger partial charge in [0.2, 0.25) is 0 Å². The molecule has 1 aromatic carbocycles. The molecule has 4 heteroatoms. The summed E-state index contributed by atoms with van der Waals surface area (Å²) in [7, 11) is 1.67. The zero-order valence-corrected chi connectivity index (χ0v) is 13.0. The maximum Gasteiger partial charge on any atom is 0.128 e. The number of methoxy groups -OCH3 is 1. The van der Waals surface area contributed by atoms with Crippen molar-refractivity contribution < 1.29 is 14.2 Å². The molecule has 0 bridgehead atoms. The second kappa shape index (κ2) is 9.51. The Morgan fingerprint density at radius 3 is 2.71 bits per heavy atom. The van der Waals surface area contributed by atoms with Gasteiger partial charge in [-0.3, -0.25) is 4.90 Å². The maximum absolute atomic E-state index is 14.1. The van der Waals surface area contributed by atoms with Gasteiger partial charge in [0, 0.05) is 37.9 Å². The van der Waals surface area contributed by atoms with Gasteiger partial charge >= 0.3 is 0 Å². The number of aliphatic hydroxyl groups excluding tert-OH is 1. The average Bonchev–Trinajstić information content (AvgIpc) is 2.44. The number of aliphatic hydroxyl groups is 1. The van der Waals surface area contributed by atoms with Gasteiger partial charge in [0.15, 0.2) is 0 Å². The number of nitrogens with zero attached hydrogens (tertiary/aromatic N) is 1. The van der Waals surface area contributed by atoms with Crippen LogP contribution in [0.3, 0.4) is 0 Å². The fourth-order valence-corrected chi connectivity index (χ4v) is 2.11. The molecule has 0 unspecified atom stereocenters. The second-order valence-electron chi connectivity index (χ2n) is 5.39. The lowest BCUT2D eigenvalue weighted by molar-refractivity contribution is 0.135. The molecule has 0 aromatic heterocycles. The molecule has 0 heterocycles. The summed E-state index contributed by atoms with van der Waals surface area (Å²) in [6.45, 7) is 6.93. The highest BCUT2D eigenvalue weighted by molar-refractivity contribution is 5.37. The van der Waals surface area contributed by atoms with Crippen LogP contribution in [0.2, 0.25) is 0 Å². The van der Waals surface area contributed by atoms with Crippen molar-refractivity contribution in [3.05, 3.63) is 35.1 Å². The third-order valence-corrected chi connectivity index (χ3v) is 2.99. The molecule has 1 rings (SSSR count). The molecule has 1 N–H and O–H groups in total. The number of halogens is 1. The van der Waals surface area contributed by atoms with Gasteiger partial charge in [0.1, 0.15) is 12.4 Å². The summed E-state index contributed by atoms with van der Waals surface area (Å²) >= 11 is 0. The van der Waals surface area contributed by atoms with E-state index in [2.05, 4.69) is 30.6 Å². The average molecular weight is 293 g/mol. The minimum absolute atomic E-state index is 0.220. The van der Waals surface area contributed by atoms with Gasteiger partial charge in [0.05, 0.1) is 6.61 Å². The minimum Gasteiger partial charge on any atom is -0.384 e. The molecular weight excluding hydrogens is 269 g/mol. The van der Waals surface area contributed by atoms with E-state index in [-0.39, 0.29) is 12.4 Å². The van der Waals surface area contributed by atoms with Crippen molar-refractivity contribution in [2.45, 2.75) is 20.4 Å². The molecule has 0 spiro atoms. The summed E-state index contributed by atoms with van der Waals surface area (Å²) in [5.74, 6) is 5.48. The van der Waals surface area contributed by atoms with Gasteiger partial charge < -0.3 is 9.84 Å². The smallest absolute Gasteiger partial charge is 0.128 e. The van der Waals surface area contributed by atoms with Crippen molar-refractivity contribution in [1.82, 2.24) is 4.90 Å². The van der Waals surface area contributed by atoms with Crippen molar-refractivity contribution in [3.8, 4) is 11.8 Å². The highest BCUT2D eigenvalue weighted by Gasteiger charge is 2.11. The zero-order valence-electron chi connectivity index (χ0n) is 13.0. The molecule has 0 aliphatic heterocycles. The first-order chi connectivity index (χ1) is 10.1. The van der Waals surface area contributed by atoms with Gasteiger partial charge in [-0.05, 0) is 18.1 Å². The van der Waals surface area contributed by atoms with E-state index in [1.54, 1.807) is 19.2 Å². The molecule has 0 radical (unpaired) electrons. The Balaban J connectivity index is 2.78. The Morgan fingerprint density at radius 2 is 2.14 bits per heavy atom. The largest absolute Gasteiger partial charge is 0.384 e. The third kappa shape index (κ3) is 6.72. The summed E-state index contributed by atoms with van der Waals surface area (Å²) in [5.41, 5.74) is 1.24. The third-order valence-electron chi connectivity index (χ3n) is 2.99. The van der Waals surface area contributed by atoms with E-state index >= 15 is 0 Å². The quantitative estimate of drug-likeness (QED) is 0.783. The minimum atomic E-state index is -0.258. The Labute approximate surface area is 126 Å². The molecule has 0 saturated carbocycles. The van der Waals surface area contributed by atoms with Crippen LogP contribution in [-0.2, 0) is 11.3 Å². The number of rotatable bonds is 7. The molecule has 0 atom stereocenters. The van der Waals surface area contributed by atoms with Crippen LogP contribution >= 0.6 is 0 Å². The highest BCUT2D eigenvalue weighted by Crippen LogP contribution is 2.13. The highest BCUT2D eigenvalue weighted by atomic mass is 19.1. The topological polar surface area (TPSA) is 32.7 Å². The van der Waals surface area contributed by atoms with Gasteiger partial charge in [-0.1, -0.05) is 31.8 Å². The fourth-order valence-electron chi connectivity index (χ4n) is 2.11. The molecule has 0 amide bonds. The summed E-state index contributed by atoms with van der Waals surface area (Å²) in [4.78, 5) is 2.19. The normalized spacial score (nSPS) is 10.8. The van der Waals surface area contributed by atoms with Crippen LogP contribution in [0.4, 0.5) is 4.39 Å². The lowest BCUT2D eigenvalue weighted by Gasteiger charge is -2.24. The predicted octanol–water partition coefficient (Wildman–Crippen LogP) is 2.27. The van der Waals surface area contributed by atoms with E-state index in [4.69, 9.17) is 9.84 Å². The Bertz CT molecular complexity index is 491. The van der Waals surface area contributed by atoms with Crippen LogP contribution in [0.15, 0.2) is 18.2 Å². The van der Waals surface area contributed by atoms with Crippen molar-refractivity contribution >= 4 is 0 Å². The Kier molecular flexibility index (Phi) is 7.99. The Morgan fingerprint density at radius 1 is 1.38 bits per heavy atom. The first kappa shape index (κ1) is 17.6. The summed E-state index contributed by atoms with van der Waals surface area (Å²) < 4.78 is 19.2. The van der Waals surface area contributed by atoms with E-state index in [9.17, 15) is 4.39 Å². The lowest BCUT2D eigenvalue weighted by atomic mass is 10.1. The SMILES string of the molecule is COCCN(Cc1ccc(C#CCO)cc1F)CC(C)C. The van der Waals surface area contributed by atoms with Crippen LogP contribution in [-0.4, -0.2) is 43.4 Å². The van der Waals surface area contributed by atoms with E-state index in [1.807, 2.05) is 0 Å². The van der Waals surface area contributed by atoms with Crippen LogP contribution in [0.1, 0.15) is 25.0 Å². The molecule has 0 aliphatic carbocycles. The number of benzene rings is 1. The van der Waals surface area contributed by atoms with E-state index in [0.29, 0.717) is 30.2 Å². The monoisotopic (exact) mass is 293 g/mol. The van der Waals surface area contributed by atoms with Crippen molar-refractivity contribution in [3.63, 3.8) is 0 Å². The summed E-state index contributed by atoms with van der Waals surface area (Å²) in [6.07, 6.45) is 0. The fraction of sp³-hybridized carbons (Fsp3) is 0.529. The maximum atomic E-state index is 14.1. The lowest BCUT2D eigenvalue weighted by Crippen LogP contribution is -2.31. The van der Waals surface area contributed by atoms with E-state index in [0.717, 1.165) is 13.1 Å². The predicted molar refractivity (Wildman–Crippen MR) is 82.4 cm³/mol. The van der Waals surface area contributed by atoms with Crippen LogP contribution in [0.25, 0.3) is 0 Å². The van der Waals surface area contributed by atoms with Gasteiger partial charge in [-0.2, -0.15) is 0 Å². The number of hydrogen-bond donors (Lipinski definition) is 1. The molecular formula is C17H24FNO2. The zero-order chi connectivity index (χ0) is 15.7. The first-order valence-corrected chi connectivity index (χ1v) is 7.16. The summed E-state index contributed by atoms with van der Waals surface area (Å²) in [5, 5.41) is 8.65. The van der Waals surface area contributed by atoms with Crippen LogP contribution < -0.4 is 0 Å². The van der Waals surface area contributed by atoms with Crippen molar-refractivity contribution in [2.75, 3.05) is 33.4 Å². The molecule has 0 fully saturated rings. The summed E-state index contributed by atoms with van der Waals surface area (Å²) in [6, 6.07) is 4.96. The van der Waals surface area contributed by atoms with Gasteiger partial charge in [-0.25, -0.2) is 4.39 Å². The number of ether oxygens (including phenoxy) is 1. The second-order valence-corrected chi connectivity index (χ2v) is 5.39.